The number of para-hydroxylation sites is 1. The maximum atomic E-state index is 5.67. The lowest BCUT2D eigenvalue weighted by Crippen LogP contribution is -1.96. The Morgan fingerprint density at radius 2 is 2.16 bits per heavy atom. The first-order valence-electron chi connectivity index (χ1n) is 5.92. The Morgan fingerprint density at radius 1 is 1.32 bits per heavy atom. The Kier molecular flexibility index (Phi) is 2.79. The van der Waals surface area contributed by atoms with Crippen LogP contribution < -0.4 is 10.5 Å². The fraction of sp³-hybridized carbons (Fsp3) is 0.143. The van der Waals surface area contributed by atoms with E-state index in [-0.39, 0.29) is 6.61 Å². The van der Waals surface area contributed by atoms with Crippen LogP contribution in [-0.2, 0) is 6.61 Å². The summed E-state index contributed by atoms with van der Waals surface area (Å²) in [6.45, 7) is 2.25. The van der Waals surface area contributed by atoms with Crippen molar-refractivity contribution in [2.75, 3.05) is 5.73 Å². The fourth-order valence-electron chi connectivity index (χ4n) is 1.80. The van der Waals surface area contributed by atoms with Crippen LogP contribution >= 0.6 is 0 Å². The molecule has 1 aromatic carbocycles. The highest BCUT2D eigenvalue weighted by Gasteiger charge is 2.08. The molecule has 0 saturated heterocycles. The summed E-state index contributed by atoms with van der Waals surface area (Å²) in [6.07, 6.45) is 1.55. The van der Waals surface area contributed by atoms with Crippen LogP contribution in [0.15, 0.2) is 40.9 Å². The van der Waals surface area contributed by atoms with Gasteiger partial charge >= 0.3 is 0 Å². The number of aryl methyl sites for hydroxylation is 1. The predicted molar refractivity (Wildman–Crippen MR) is 71.7 cm³/mol. The Hall–Kier alpha value is -2.56. The van der Waals surface area contributed by atoms with E-state index >= 15 is 0 Å². The second kappa shape index (κ2) is 4.61. The number of oxazole rings is 1. The van der Waals surface area contributed by atoms with Gasteiger partial charge in [-0.1, -0.05) is 18.2 Å². The topological polar surface area (TPSA) is 74.2 Å². The zero-order valence-corrected chi connectivity index (χ0v) is 10.5. The Balaban J connectivity index is 1.80. The van der Waals surface area contributed by atoms with Gasteiger partial charge in [0.05, 0.1) is 11.9 Å². The van der Waals surface area contributed by atoms with E-state index in [1.165, 1.54) is 0 Å². The molecule has 0 radical (unpaired) electrons. The summed E-state index contributed by atoms with van der Waals surface area (Å²) in [5, 5.41) is 0. The van der Waals surface area contributed by atoms with Crippen molar-refractivity contribution in [3.8, 4) is 5.75 Å². The number of aromatic nitrogens is 2. The first kappa shape index (κ1) is 11.5. The molecule has 0 aliphatic carbocycles. The molecule has 19 heavy (non-hydrogen) atoms. The molecule has 5 heteroatoms. The third-order valence-corrected chi connectivity index (χ3v) is 2.76. The average molecular weight is 255 g/mol. The van der Waals surface area contributed by atoms with Gasteiger partial charge in [-0.2, -0.15) is 4.98 Å². The molecule has 0 spiro atoms. The molecule has 96 valence electrons. The summed E-state index contributed by atoms with van der Waals surface area (Å²) in [4.78, 5) is 8.33. The van der Waals surface area contributed by atoms with Crippen molar-refractivity contribution in [3.63, 3.8) is 0 Å². The van der Waals surface area contributed by atoms with E-state index in [4.69, 9.17) is 14.9 Å². The lowest BCUT2D eigenvalue weighted by atomic mass is 10.2. The molecular formula is C14H13N3O2. The van der Waals surface area contributed by atoms with E-state index in [1.54, 1.807) is 12.3 Å². The standard InChI is InChI=1S/C14H13N3O2/c1-9-4-2-3-5-11(9)18-8-13-17-14-12(19-13)6-10(15)7-16-14/h2-7H,8,15H2,1H3. The van der Waals surface area contributed by atoms with Gasteiger partial charge in [0.2, 0.25) is 5.89 Å². The summed E-state index contributed by atoms with van der Waals surface area (Å²) in [5.41, 5.74) is 8.37. The number of hydrogen-bond donors (Lipinski definition) is 1. The normalized spacial score (nSPS) is 10.8. The minimum Gasteiger partial charge on any atom is -0.484 e. The highest BCUT2D eigenvalue weighted by molar-refractivity contribution is 5.71. The van der Waals surface area contributed by atoms with Gasteiger partial charge in [0.25, 0.3) is 0 Å². The van der Waals surface area contributed by atoms with Crippen molar-refractivity contribution in [1.29, 1.82) is 0 Å². The van der Waals surface area contributed by atoms with Crippen LogP contribution in [0.25, 0.3) is 11.2 Å². The van der Waals surface area contributed by atoms with Crippen LogP contribution in [0, 0.1) is 6.92 Å². The summed E-state index contributed by atoms with van der Waals surface area (Å²) in [6, 6.07) is 9.50. The van der Waals surface area contributed by atoms with E-state index in [2.05, 4.69) is 9.97 Å². The summed E-state index contributed by atoms with van der Waals surface area (Å²) in [7, 11) is 0. The van der Waals surface area contributed by atoms with Crippen molar-refractivity contribution in [1.82, 2.24) is 9.97 Å². The molecule has 0 saturated carbocycles. The van der Waals surface area contributed by atoms with Gasteiger partial charge in [-0.15, -0.1) is 0 Å². The largest absolute Gasteiger partial charge is 0.484 e. The van der Waals surface area contributed by atoms with Crippen LogP contribution in [0.4, 0.5) is 5.69 Å². The lowest BCUT2D eigenvalue weighted by Gasteiger charge is -2.05. The fourth-order valence-corrected chi connectivity index (χ4v) is 1.80. The first-order valence-corrected chi connectivity index (χ1v) is 5.92. The van der Waals surface area contributed by atoms with E-state index < -0.39 is 0 Å². The van der Waals surface area contributed by atoms with E-state index in [1.807, 2.05) is 31.2 Å². The molecule has 0 atom stereocenters. The monoisotopic (exact) mass is 255 g/mol. The number of fused-ring (bicyclic) bond motifs is 1. The third kappa shape index (κ3) is 2.35. The molecule has 0 unspecified atom stereocenters. The SMILES string of the molecule is Cc1ccccc1OCc1nc2ncc(N)cc2o1. The minimum atomic E-state index is 0.265. The number of anilines is 1. The van der Waals surface area contributed by atoms with Crippen molar-refractivity contribution >= 4 is 16.9 Å². The summed E-state index contributed by atoms with van der Waals surface area (Å²) >= 11 is 0. The van der Waals surface area contributed by atoms with Gasteiger partial charge in [-0.3, -0.25) is 0 Å². The van der Waals surface area contributed by atoms with Gasteiger partial charge in [-0.05, 0) is 18.6 Å². The lowest BCUT2D eigenvalue weighted by molar-refractivity contribution is 0.265. The van der Waals surface area contributed by atoms with Gasteiger partial charge in [-0.25, -0.2) is 4.98 Å². The molecule has 3 aromatic rings. The molecule has 2 N–H and O–H groups in total. The second-order valence-electron chi connectivity index (χ2n) is 4.25. The van der Waals surface area contributed by atoms with E-state index in [0.717, 1.165) is 11.3 Å². The second-order valence-corrected chi connectivity index (χ2v) is 4.25. The maximum Gasteiger partial charge on any atom is 0.235 e. The van der Waals surface area contributed by atoms with Gasteiger partial charge in [0.1, 0.15) is 5.75 Å². The number of pyridine rings is 1. The number of hydrogen-bond acceptors (Lipinski definition) is 5. The molecule has 0 bridgehead atoms. The summed E-state index contributed by atoms with van der Waals surface area (Å²) < 4.78 is 11.2. The Labute approximate surface area is 110 Å². The van der Waals surface area contributed by atoms with Crippen LogP contribution in [0.3, 0.4) is 0 Å². The van der Waals surface area contributed by atoms with Crippen LogP contribution in [0.1, 0.15) is 11.5 Å². The molecule has 0 aliphatic rings. The van der Waals surface area contributed by atoms with Crippen molar-refractivity contribution in [2.45, 2.75) is 13.5 Å². The Morgan fingerprint density at radius 3 is 3.00 bits per heavy atom. The van der Waals surface area contributed by atoms with Crippen molar-refractivity contribution in [3.05, 3.63) is 48.0 Å². The minimum absolute atomic E-state index is 0.265. The van der Waals surface area contributed by atoms with Crippen molar-refractivity contribution < 1.29 is 9.15 Å². The van der Waals surface area contributed by atoms with Crippen LogP contribution in [0.5, 0.6) is 5.75 Å². The zero-order valence-electron chi connectivity index (χ0n) is 10.5. The number of nitrogen functional groups attached to an aromatic ring is 1. The molecule has 0 amide bonds. The number of ether oxygens (including phenoxy) is 1. The number of nitrogens with zero attached hydrogens (tertiary/aromatic N) is 2. The Bertz CT molecular complexity index is 722. The van der Waals surface area contributed by atoms with E-state index in [9.17, 15) is 0 Å². The predicted octanol–water partition coefficient (Wildman–Crippen LogP) is 2.69. The smallest absolute Gasteiger partial charge is 0.235 e. The maximum absolute atomic E-state index is 5.67. The van der Waals surface area contributed by atoms with Crippen LogP contribution in [0.2, 0.25) is 0 Å². The highest BCUT2D eigenvalue weighted by atomic mass is 16.5. The molecule has 5 nitrogen and oxygen atoms in total. The quantitative estimate of drug-likeness (QED) is 0.778. The van der Waals surface area contributed by atoms with Gasteiger partial charge in [0, 0.05) is 6.07 Å². The molecule has 2 heterocycles. The summed E-state index contributed by atoms with van der Waals surface area (Å²) in [5.74, 6) is 1.30. The average Bonchev–Trinajstić information content (AvgIpc) is 2.79. The number of nitrogens with two attached hydrogens (primary N) is 1. The molecule has 3 rings (SSSR count). The van der Waals surface area contributed by atoms with Gasteiger partial charge in [0.15, 0.2) is 17.8 Å². The van der Waals surface area contributed by atoms with Crippen molar-refractivity contribution in [2.24, 2.45) is 0 Å². The van der Waals surface area contributed by atoms with E-state index in [0.29, 0.717) is 22.8 Å². The molecular weight excluding hydrogens is 242 g/mol. The number of rotatable bonds is 3. The van der Waals surface area contributed by atoms with Crippen LogP contribution in [-0.4, -0.2) is 9.97 Å². The highest BCUT2D eigenvalue weighted by Crippen LogP contribution is 2.20. The molecule has 0 aliphatic heterocycles. The number of benzene rings is 1. The molecule has 0 fully saturated rings. The zero-order chi connectivity index (χ0) is 13.2. The van der Waals surface area contributed by atoms with Gasteiger partial charge < -0.3 is 14.9 Å². The first-order chi connectivity index (χ1) is 9.22. The molecule has 2 aromatic heterocycles. The third-order valence-electron chi connectivity index (χ3n) is 2.76.